The number of hydrogen-bond acceptors (Lipinski definition) is 4. The third-order valence-corrected chi connectivity index (χ3v) is 4.94. The van der Waals surface area contributed by atoms with Crippen molar-refractivity contribution in [2.75, 3.05) is 13.2 Å². The predicted octanol–water partition coefficient (Wildman–Crippen LogP) is 3.70. The number of nitrogens with zero attached hydrogens (tertiary/aromatic N) is 1. The van der Waals surface area contributed by atoms with E-state index in [4.69, 9.17) is 9.84 Å². The molecule has 154 valence electrons. The number of likely N-dealkylation sites (tertiary alicyclic amines) is 1. The van der Waals surface area contributed by atoms with Crippen molar-refractivity contribution >= 4 is 11.9 Å². The summed E-state index contributed by atoms with van der Waals surface area (Å²) in [5.41, 5.74) is 0.761. The predicted molar refractivity (Wildman–Crippen MR) is 107 cm³/mol. The molecule has 1 aliphatic rings. The van der Waals surface area contributed by atoms with Gasteiger partial charge in [-0.2, -0.15) is 0 Å². The monoisotopic (exact) mass is 389 g/mol. The van der Waals surface area contributed by atoms with Crippen LogP contribution in [0.2, 0.25) is 0 Å². The van der Waals surface area contributed by atoms with E-state index >= 15 is 0 Å². The highest BCUT2D eigenvalue weighted by molar-refractivity contribution is 5.79. The number of unbranched alkanes of at least 4 members (excludes halogenated alkanes) is 3. The first-order valence-electron chi connectivity index (χ1n) is 10.1. The highest BCUT2D eigenvalue weighted by Gasteiger charge is 2.28. The SMILES string of the molecule is CCOc1cccc(C(O)C=C[C@H]2CCC(=O)N2CCCCCCC(=O)O)c1. The van der Waals surface area contributed by atoms with Crippen molar-refractivity contribution in [2.24, 2.45) is 0 Å². The number of carbonyl (C=O) groups is 2. The Hall–Kier alpha value is -2.34. The van der Waals surface area contributed by atoms with Gasteiger partial charge in [0.25, 0.3) is 0 Å². The third-order valence-electron chi connectivity index (χ3n) is 4.94. The van der Waals surface area contributed by atoms with Crippen molar-refractivity contribution in [1.29, 1.82) is 0 Å². The van der Waals surface area contributed by atoms with Crippen LogP contribution in [0.3, 0.4) is 0 Å². The van der Waals surface area contributed by atoms with Crippen LogP contribution in [0.5, 0.6) is 5.75 Å². The van der Waals surface area contributed by atoms with Crippen LogP contribution in [0, 0.1) is 0 Å². The lowest BCUT2D eigenvalue weighted by molar-refractivity contribution is -0.137. The molecule has 0 aliphatic carbocycles. The van der Waals surface area contributed by atoms with Crippen LogP contribution < -0.4 is 4.74 Å². The molecule has 0 saturated carbocycles. The van der Waals surface area contributed by atoms with Crippen molar-refractivity contribution < 1.29 is 24.5 Å². The Morgan fingerprint density at radius 2 is 2.11 bits per heavy atom. The maximum Gasteiger partial charge on any atom is 0.303 e. The van der Waals surface area contributed by atoms with Gasteiger partial charge in [0.2, 0.25) is 5.91 Å². The molecule has 1 aliphatic heterocycles. The normalized spacial score (nSPS) is 18.0. The van der Waals surface area contributed by atoms with Crippen LogP contribution in [0.15, 0.2) is 36.4 Å². The minimum Gasteiger partial charge on any atom is -0.494 e. The zero-order chi connectivity index (χ0) is 20.4. The van der Waals surface area contributed by atoms with Gasteiger partial charge in [0.15, 0.2) is 0 Å². The topological polar surface area (TPSA) is 87.1 Å². The fraction of sp³-hybridized carbons (Fsp3) is 0.545. The summed E-state index contributed by atoms with van der Waals surface area (Å²) in [5, 5.41) is 19.1. The lowest BCUT2D eigenvalue weighted by Gasteiger charge is -2.22. The second-order valence-corrected chi connectivity index (χ2v) is 7.09. The molecule has 2 atom stereocenters. The molecule has 0 bridgehead atoms. The zero-order valence-electron chi connectivity index (χ0n) is 16.5. The van der Waals surface area contributed by atoms with Gasteiger partial charge in [-0.1, -0.05) is 37.1 Å². The number of aliphatic hydroxyl groups excluding tert-OH is 1. The Morgan fingerprint density at radius 3 is 2.86 bits per heavy atom. The molecule has 1 amide bonds. The van der Waals surface area contributed by atoms with E-state index in [0.717, 1.165) is 37.0 Å². The molecular weight excluding hydrogens is 358 g/mol. The molecule has 0 spiro atoms. The van der Waals surface area contributed by atoms with Crippen molar-refractivity contribution in [3.8, 4) is 5.75 Å². The van der Waals surface area contributed by atoms with Crippen LogP contribution in [0.1, 0.15) is 63.5 Å². The summed E-state index contributed by atoms with van der Waals surface area (Å²) in [7, 11) is 0. The highest BCUT2D eigenvalue weighted by atomic mass is 16.5. The Labute approximate surface area is 166 Å². The van der Waals surface area contributed by atoms with Crippen molar-refractivity contribution in [3.05, 3.63) is 42.0 Å². The highest BCUT2D eigenvalue weighted by Crippen LogP contribution is 2.24. The minimum atomic E-state index is -0.759. The smallest absolute Gasteiger partial charge is 0.303 e. The van der Waals surface area contributed by atoms with Crippen LogP contribution in [0.25, 0.3) is 0 Å². The molecule has 2 rings (SSSR count). The molecule has 1 heterocycles. The minimum absolute atomic E-state index is 0.0104. The molecule has 1 aromatic rings. The molecule has 1 fully saturated rings. The average molecular weight is 389 g/mol. The van der Waals surface area contributed by atoms with Gasteiger partial charge in [-0.25, -0.2) is 0 Å². The Kier molecular flexibility index (Phi) is 9.01. The first kappa shape index (κ1) is 22.0. The lowest BCUT2D eigenvalue weighted by Crippen LogP contribution is -2.32. The Bertz CT molecular complexity index is 673. The Balaban J connectivity index is 1.84. The van der Waals surface area contributed by atoms with E-state index in [1.54, 1.807) is 6.08 Å². The molecule has 1 unspecified atom stereocenters. The second kappa shape index (κ2) is 11.5. The van der Waals surface area contributed by atoms with Gasteiger partial charge in [-0.05, 0) is 43.9 Å². The number of aliphatic hydroxyl groups is 1. The number of aliphatic carboxylic acids is 1. The van der Waals surface area contributed by atoms with Gasteiger partial charge in [-0.15, -0.1) is 0 Å². The summed E-state index contributed by atoms with van der Waals surface area (Å²) in [6.45, 7) is 3.17. The maximum atomic E-state index is 12.2. The standard InChI is InChI=1S/C22H31NO5/c1-2-28-19-9-7-8-17(16-19)20(24)13-11-18-12-14-21(25)23(18)15-6-4-3-5-10-22(26)27/h7-9,11,13,16,18,20,24H,2-6,10,12,14-15H2,1H3,(H,26,27)/t18-,20?/m0/s1. The summed E-state index contributed by atoms with van der Waals surface area (Å²) >= 11 is 0. The van der Waals surface area contributed by atoms with Crippen LogP contribution in [0.4, 0.5) is 0 Å². The van der Waals surface area contributed by atoms with Crippen molar-refractivity contribution in [1.82, 2.24) is 4.90 Å². The van der Waals surface area contributed by atoms with E-state index in [0.29, 0.717) is 26.0 Å². The fourth-order valence-electron chi connectivity index (χ4n) is 3.46. The summed E-state index contributed by atoms with van der Waals surface area (Å²) in [6, 6.07) is 7.40. The summed E-state index contributed by atoms with van der Waals surface area (Å²) < 4.78 is 5.47. The average Bonchev–Trinajstić information content (AvgIpc) is 3.02. The molecule has 1 aromatic carbocycles. The van der Waals surface area contributed by atoms with Gasteiger partial charge in [-0.3, -0.25) is 9.59 Å². The van der Waals surface area contributed by atoms with E-state index in [1.807, 2.05) is 42.2 Å². The summed E-state index contributed by atoms with van der Waals surface area (Å²) in [5.74, 6) is 0.117. The molecule has 2 N–H and O–H groups in total. The third kappa shape index (κ3) is 7.00. The Morgan fingerprint density at radius 1 is 1.32 bits per heavy atom. The zero-order valence-corrected chi connectivity index (χ0v) is 16.5. The molecule has 28 heavy (non-hydrogen) atoms. The molecule has 0 radical (unpaired) electrons. The van der Waals surface area contributed by atoms with Gasteiger partial charge in [0.05, 0.1) is 18.8 Å². The van der Waals surface area contributed by atoms with E-state index in [9.17, 15) is 14.7 Å². The number of carboxylic acid groups (broad SMARTS) is 1. The fourth-order valence-corrected chi connectivity index (χ4v) is 3.46. The lowest BCUT2D eigenvalue weighted by atomic mass is 10.1. The molecule has 6 heteroatoms. The second-order valence-electron chi connectivity index (χ2n) is 7.09. The van der Waals surface area contributed by atoms with Crippen molar-refractivity contribution in [3.63, 3.8) is 0 Å². The summed E-state index contributed by atoms with van der Waals surface area (Å²) in [4.78, 5) is 24.6. The number of carboxylic acids is 1. The number of benzene rings is 1. The van der Waals surface area contributed by atoms with E-state index in [2.05, 4.69) is 0 Å². The first-order valence-corrected chi connectivity index (χ1v) is 10.1. The summed E-state index contributed by atoms with van der Waals surface area (Å²) in [6.07, 6.45) is 7.76. The molecule has 1 saturated heterocycles. The number of hydrogen-bond donors (Lipinski definition) is 2. The van der Waals surface area contributed by atoms with Gasteiger partial charge < -0.3 is 19.8 Å². The number of ether oxygens (including phenoxy) is 1. The van der Waals surface area contributed by atoms with Crippen LogP contribution in [-0.2, 0) is 9.59 Å². The van der Waals surface area contributed by atoms with E-state index in [-0.39, 0.29) is 18.4 Å². The number of carbonyl (C=O) groups excluding carboxylic acids is 1. The molecule has 0 aromatic heterocycles. The number of amides is 1. The first-order chi connectivity index (χ1) is 13.5. The van der Waals surface area contributed by atoms with Crippen LogP contribution >= 0.6 is 0 Å². The maximum absolute atomic E-state index is 12.2. The molecular formula is C22H31NO5. The molecule has 6 nitrogen and oxygen atoms in total. The quantitative estimate of drug-likeness (QED) is 0.420. The number of rotatable bonds is 12. The van der Waals surface area contributed by atoms with Gasteiger partial charge in [0.1, 0.15) is 5.75 Å². The van der Waals surface area contributed by atoms with Crippen LogP contribution in [-0.4, -0.2) is 46.2 Å². The van der Waals surface area contributed by atoms with E-state index in [1.165, 1.54) is 0 Å². The van der Waals surface area contributed by atoms with Gasteiger partial charge >= 0.3 is 5.97 Å². The van der Waals surface area contributed by atoms with Crippen molar-refractivity contribution in [2.45, 2.75) is 64.0 Å². The largest absolute Gasteiger partial charge is 0.494 e. The van der Waals surface area contributed by atoms with E-state index < -0.39 is 12.1 Å². The van der Waals surface area contributed by atoms with Gasteiger partial charge in [0, 0.05) is 19.4 Å².